The number of aromatic amines is 1. The Hall–Kier alpha value is -0.460. The Balaban J connectivity index is 2.13. The van der Waals surface area contributed by atoms with Gasteiger partial charge in [0.2, 0.25) is 0 Å². The maximum Gasteiger partial charge on any atom is 0.254 e. The number of hydrogen-bond donors (Lipinski definition) is 1. The number of nitrogens with zero attached hydrogens (tertiary/aromatic N) is 1. The highest BCUT2D eigenvalue weighted by Gasteiger charge is 2.17. The highest BCUT2D eigenvalue weighted by molar-refractivity contribution is 9.13. The molecule has 18 heavy (non-hydrogen) atoms. The maximum atomic E-state index is 12.0. The van der Waals surface area contributed by atoms with Crippen molar-refractivity contribution in [3.63, 3.8) is 0 Å². The molecule has 3 nitrogen and oxygen atoms in total. The van der Waals surface area contributed by atoms with Crippen molar-refractivity contribution in [2.45, 2.75) is 25.7 Å². The minimum absolute atomic E-state index is 0.0235. The SMILES string of the molecule is O=c1[nH]c(-c2cc(Br)c(Br)s2)nc2c1CCCC2. The minimum atomic E-state index is 0.0235. The molecular weight excluding hydrogens is 380 g/mol. The van der Waals surface area contributed by atoms with E-state index in [1.165, 1.54) is 0 Å². The summed E-state index contributed by atoms with van der Waals surface area (Å²) in [4.78, 5) is 20.5. The van der Waals surface area contributed by atoms with Crippen LogP contribution in [0.15, 0.2) is 19.1 Å². The molecule has 6 heteroatoms. The molecule has 0 radical (unpaired) electrons. The van der Waals surface area contributed by atoms with E-state index < -0.39 is 0 Å². The molecule has 0 aliphatic heterocycles. The number of fused-ring (bicyclic) bond motifs is 1. The van der Waals surface area contributed by atoms with Crippen molar-refractivity contribution >= 4 is 43.2 Å². The molecule has 2 aromatic heterocycles. The first-order chi connectivity index (χ1) is 8.65. The number of aromatic nitrogens is 2. The van der Waals surface area contributed by atoms with Crippen LogP contribution in [0.1, 0.15) is 24.1 Å². The molecule has 0 saturated heterocycles. The Morgan fingerprint density at radius 3 is 2.78 bits per heavy atom. The van der Waals surface area contributed by atoms with Crippen molar-refractivity contribution in [2.24, 2.45) is 0 Å². The van der Waals surface area contributed by atoms with Gasteiger partial charge in [0.25, 0.3) is 5.56 Å². The van der Waals surface area contributed by atoms with Gasteiger partial charge in [0.05, 0.1) is 14.4 Å². The number of H-pyrrole nitrogens is 1. The Labute approximate surface area is 125 Å². The molecule has 2 aromatic rings. The van der Waals surface area contributed by atoms with Crippen LogP contribution >= 0.6 is 43.2 Å². The lowest BCUT2D eigenvalue weighted by molar-refractivity contribution is 0.658. The molecule has 0 aromatic carbocycles. The fourth-order valence-corrected chi connectivity index (χ4v) is 4.16. The zero-order valence-corrected chi connectivity index (χ0v) is 13.4. The van der Waals surface area contributed by atoms with Gasteiger partial charge in [-0.2, -0.15) is 0 Å². The Morgan fingerprint density at radius 2 is 2.06 bits per heavy atom. The highest BCUT2D eigenvalue weighted by atomic mass is 79.9. The van der Waals surface area contributed by atoms with Gasteiger partial charge < -0.3 is 4.98 Å². The van der Waals surface area contributed by atoms with E-state index in [0.29, 0.717) is 5.82 Å². The summed E-state index contributed by atoms with van der Waals surface area (Å²) in [6.45, 7) is 0. The third-order valence-electron chi connectivity index (χ3n) is 3.07. The molecule has 1 N–H and O–H groups in total. The van der Waals surface area contributed by atoms with Gasteiger partial charge in [0.1, 0.15) is 0 Å². The van der Waals surface area contributed by atoms with Gasteiger partial charge in [0.15, 0.2) is 5.82 Å². The van der Waals surface area contributed by atoms with Gasteiger partial charge in [-0.25, -0.2) is 4.98 Å². The molecule has 1 aliphatic carbocycles. The van der Waals surface area contributed by atoms with Crippen molar-refractivity contribution in [2.75, 3.05) is 0 Å². The lowest BCUT2D eigenvalue weighted by atomic mass is 9.97. The molecule has 0 amide bonds. The van der Waals surface area contributed by atoms with Crippen molar-refractivity contribution in [1.82, 2.24) is 9.97 Å². The molecular formula is C12H10Br2N2OS. The van der Waals surface area contributed by atoms with Gasteiger partial charge in [-0.3, -0.25) is 4.79 Å². The van der Waals surface area contributed by atoms with Crippen LogP contribution < -0.4 is 5.56 Å². The van der Waals surface area contributed by atoms with Crippen LogP contribution in [0, 0.1) is 0 Å². The van der Waals surface area contributed by atoms with Gasteiger partial charge in [-0.1, -0.05) is 0 Å². The number of nitrogens with one attached hydrogen (secondary N) is 1. The largest absolute Gasteiger partial charge is 0.306 e. The summed E-state index contributed by atoms with van der Waals surface area (Å²) in [5.41, 5.74) is 1.87. The molecule has 0 bridgehead atoms. The van der Waals surface area contributed by atoms with E-state index in [1.807, 2.05) is 6.07 Å². The number of hydrogen-bond acceptors (Lipinski definition) is 3. The maximum absolute atomic E-state index is 12.0. The van der Waals surface area contributed by atoms with Crippen molar-refractivity contribution < 1.29 is 0 Å². The van der Waals surface area contributed by atoms with E-state index in [0.717, 1.165) is 50.1 Å². The molecule has 0 saturated carbocycles. The molecule has 0 unspecified atom stereocenters. The van der Waals surface area contributed by atoms with Crippen molar-refractivity contribution in [3.05, 3.63) is 35.9 Å². The standard InChI is InChI=1S/C12H10Br2N2OS/c13-7-5-9(18-10(7)14)11-15-8-4-2-1-3-6(8)12(17)16-11/h5H,1-4H2,(H,15,16,17). The van der Waals surface area contributed by atoms with E-state index in [-0.39, 0.29) is 5.56 Å². The van der Waals surface area contributed by atoms with Crippen LogP contribution in [0.25, 0.3) is 10.7 Å². The summed E-state index contributed by atoms with van der Waals surface area (Å²) in [7, 11) is 0. The number of halogens is 2. The van der Waals surface area contributed by atoms with Crippen LogP contribution in [0.4, 0.5) is 0 Å². The molecule has 0 atom stereocenters. The summed E-state index contributed by atoms with van der Waals surface area (Å²) < 4.78 is 2.00. The molecule has 1 aliphatic rings. The highest BCUT2D eigenvalue weighted by Crippen LogP contribution is 2.36. The topological polar surface area (TPSA) is 45.8 Å². The number of rotatable bonds is 1. The Kier molecular flexibility index (Phi) is 3.42. The van der Waals surface area contributed by atoms with Crippen LogP contribution in [0.3, 0.4) is 0 Å². The number of thiophene rings is 1. The average Bonchev–Trinajstić information content (AvgIpc) is 2.70. The quantitative estimate of drug-likeness (QED) is 0.803. The summed E-state index contributed by atoms with van der Waals surface area (Å²) in [6, 6.07) is 1.97. The summed E-state index contributed by atoms with van der Waals surface area (Å²) in [6.07, 6.45) is 3.99. The Morgan fingerprint density at radius 1 is 1.28 bits per heavy atom. The normalized spacial score (nSPS) is 14.6. The smallest absolute Gasteiger partial charge is 0.254 e. The zero-order chi connectivity index (χ0) is 12.7. The average molecular weight is 390 g/mol. The van der Waals surface area contributed by atoms with Crippen LogP contribution in [-0.4, -0.2) is 9.97 Å². The zero-order valence-electron chi connectivity index (χ0n) is 9.43. The summed E-state index contributed by atoms with van der Waals surface area (Å²) in [5.74, 6) is 0.678. The van der Waals surface area contributed by atoms with Crippen molar-refractivity contribution in [3.8, 4) is 10.7 Å². The fourth-order valence-electron chi connectivity index (χ4n) is 2.18. The summed E-state index contributed by atoms with van der Waals surface area (Å²) >= 11 is 8.47. The van der Waals surface area contributed by atoms with Crippen LogP contribution in [-0.2, 0) is 12.8 Å². The van der Waals surface area contributed by atoms with Gasteiger partial charge >= 0.3 is 0 Å². The van der Waals surface area contributed by atoms with E-state index in [9.17, 15) is 4.79 Å². The van der Waals surface area contributed by atoms with Gasteiger partial charge in [0, 0.05) is 10.0 Å². The molecule has 94 valence electrons. The second-order valence-electron chi connectivity index (χ2n) is 4.28. The molecule has 3 rings (SSSR count). The third-order valence-corrected chi connectivity index (χ3v) is 6.33. The van der Waals surface area contributed by atoms with Gasteiger partial charge in [-0.15, -0.1) is 11.3 Å². The third kappa shape index (κ3) is 2.21. The van der Waals surface area contributed by atoms with E-state index in [2.05, 4.69) is 41.8 Å². The van der Waals surface area contributed by atoms with E-state index >= 15 is 0 Å². The molecule has 0 spiro atoms. The molecule has 0 fully saturated rings. The second-order valence-corrected chi connectivity index (χ2v) is 7.50. The first-order valence-corrected chi connectivity index (χ1v) is 8.12. The summed E-state index contributed by atoms with van der Waals surface area (Å²) in [5, 5.41) is 0. The van der Waals surface area contributed by atoms with Gasteiger partial charge in [-0.05, 0) is 63.6 Å². The lowest BCUT2D eigenvalue weighted by Gasteiger charge is -2.13. The van der Waals surface area contributed by atoms with Crippen LogP contribution in [0.5, 0.6) is 0 Å². The number of aryl methyl sites for hydroxylation is 1. The van der Waals surface area contributed by atoms with E-state index in [1.54, 1.807) is 11.3 Å². The van der Waals surface area contributed by atoms with E-state index in [4.69, 9.17) is 0 Å². The fraction of sp³-hybridized carbons (Fsp3) is 0.333. The lowest BCUT2D eigenvalue weighted by Crippen LogP contribution is -2.21. The molecule has 2 heterocycles. The minimum Gasteiger partial charge on any atom is -0.306 e. The first kappa shape index (κ1) is 12.6. The predicted molar refractivity (Wildman–Crippen MR) is 80.2 cm³/mol. The predicted octanol–water partition coefficient (Wildman–Crippen LogP) is 3.90. The monoisotopic (exact) mass is 388 g/mol. The Bertz CT molecular complexity index is 643. The van der Waals surface area contributed by atoms with Crippen LogP contribution in [0.2, 0.25) is 0 Å². The van der Waals surface area contributed by atoms with Crippen molar-refractivity contribution in [1.29, 1.82) is 0 Å². The second kappa shape index (κ2) is 4.90. The first-order valence-electron chi connectivity index (χ1n) is 5.72.